The van der Waals surface area contributed by atoms with Crippen molar-refractivity contribution in [3.63, 3.8) is 0 Å². The minimum atomic E-state index is -2.54. The van der Waals surface area contributed by atoms with Crippen LogP contribution in [0, 0.1) is 16.0 Å². The molecule has 14 nitrogen and oxygen atoms in total. The molecular weight excluding hydrogens is 803 g/mol. The Kier molecular flexibility index (Phi) is 10.5. The summed E-state index contributed by atoms with van der Waals surface area (Å²) in [6, 6.07) is 37.2. The molecular formula is C47H47N7O7Si. The Labute approximate surface area is 358 Å². The molecule has 62 heavy (non-hydrogen) atoms. The second kappa shape index (κ2) is 16.0. The zero-order valence-corrected chi connectivity index (χ0v) is 35.8. The van der Waals surface area contributed by atoms with E-state index in [4.69, 9.17) is 9.47 Å². The second-order valence-electron chi connectivity index (χ2n) is 16.8. The number of hydrogen-bond donors (Lipinski definition) is 2. The maximum absolute atomic E-state index is 15.4. The number of carbonyl (C=O) groups excluding carboxylic acids is 1. The van der Waals surface area contributed by atoms with Gasteiger partial charge in [0.1, 0.15) is 5.75 Å². The summed E-state index contributed by atoms with van der Waals surface area (Å²) in [6.45, 7) is 7.10. The SMILES string of the molecule is COc1ccc([Si](C)(C)[C@@H]2[C@@H](CCn3cc(C(CO)c4ccccc4)nn3)O[C@]3(C(=O)N(Cc4ccc(-n5[nH]c6ccccc6c5=O)cc4)c4ccc([N+](=O)[O-])cc43)[C@H]2C)cc1. The Hall–Kier alpha value is -6.68. The highest BCUT2D eigenvalue weighted by Crippen LogP contribution is 2.60. The first-order valence-electron chi connectivity index (χ1n) is 20.7. The van der Waals surface area contributed by atoms with Gasteiger partial charge in [-0.15, -0.1) is 5.10 Å². The van der Waals surface area contributed by atoms with E-state index in [1.165, 1.54) is 16.8 Å². The van der Waals surface area contributed by atoms with Crippen LogP contribution in [0.2, 0.25) is 18.6 Å². The number of nitrogens with one attached hydrogen (secondary N) is 1. The molecule has 1 fully saturated rings. The van der Waals surface area contributed by atoms with Crippen LogP contribution in [0.3, 0.4) is 0 Å². The van der Waals surface area contributed by atoms with E-state index in [0.717, 1.165) is 27.6 Å². The Bertz CT molecular complexity index is 2840. The molecule has 2 aliphatic rings. The Balaban J connectivity index is 1.07. The largest absolute Gasteiger partial charge is 0.497 e. The van der Waals surface area contributed by atoms with Crippen molar-refractivity contribution >= 4 is 41.4 Å². The van der Waals surface area contributed by atoms with Crippen LogP contribution in [0.1, 0.15) is 41.6 Å². The summed E-state index contributed by atoms with van der Waals surface area (Å²) in [7, 11) is -0.900. The second-order valence-corrected chi connectivity index (χ2v) is 21.5. The summed E-state index contributed by atoms with van der Waals surface area (Å²) < 4.78 is 16.0. The minimum Gasteiger partial charge on any atom is -0.497 e. The van der Waals surface area contributed by atoms with Crippen LogP contribution < -0.4 is 20.4 Å². The first-order chi connectivity index (χ1) is 29.9. The third-order valence-corrected chi connectivity index (χ3v) is 17.5. The number of nitro benzene ring substituents is 1. The van der Waals surface area contributed by atoms with Gasteiger partial charge in [0.05, 0.1) is 73.3 Å². The van der Waals surface area contributed by atoms with Gasteiger partial charge in [-0.25, -0.2) is 4.68 Å². The zero-order valence-electron chi connectivity index (χ0n) is 34.8. The lowest BCUT2D eigenvalue weighted by Gasteiger charge is -2.37. The summed E-state index contributed by atoms with van der Waals surface area (Å²) in [5, 5.41) is 36.5. The Morgan fingerprint density at radius 2 is 1.69 bits per heavy atom. The van der Waals surface area contributed by atoms with Crippen LogP contribution in [0.5, 0.6) is 5.75 Å². The highest BCUT2D eigenvalue weighted by Gasteiger charge is 2.66. The summed E-state index contributed by atoms with van der Waals surface area (Å²) in [5.74, 6) is -0.272. The number of methoxy groups -OCH3 is 1. The fourth-order valence-electron chi connectivity index (χ4n) is 9.91. The molecule has 1 saturated heterocycles. The summed E-state index contributed by atoms with van der Waals surface area (Å²) >= 11 is 0. The van der Waals surface area contributed by atoms with Crippen LogP contribution in [0.15, 0.2) is 132 Å². The standard InChI is InChI=1S/C47H47N7O7Si/c1-30-44(62(3,4)36-21-19-35(60-2)20-22-36)43(24-25-51-28-41(48-50-51)38(29-55)32-10-6-5-7-11-32)61-47(30)39-26-34(54(58)59)18-23-42(39)52(46(47)57)27-31-14-16-33(17-15-31)53-45(56)37-12-8-9-13-40(37)49-53/h5-23,26,28,30,38,43-44,49,55H,24-25,27,29H2,1-4H3/t30-,38?,43+,44-,47+/m0/s1. The molecule has 7 aromatic rings. The molecule has 5 aromatic carbocycles. The average Bonchev–Trinajstić information content (AvgIpc) is 4.03. The molecule has 0 saturated carbocycles. The van der Waals surface area contributed by atoms with Gasteiger partial charge >= 0.3 is 0 Å². The number of aromatic nitrogens is 5. The number of para-hydroxylation sites is 1. The van der Waals surface area contributed by atoms with E-state index < -0.39 is 30.6 Å². The van der Waals surface area contributed by atoms with Gasteiger partial charge in [0.25, 0.3) is 17.2 Å². The van der Waals surface area contributed by atoms with Crippen LogP contribution in [0.4, 0.5) is 11.4 Å². The van der Waals surface area contributed by atoms with E-state index in [0.29, 0.717) is 41.0 Å². The van der Waals surface area contributed by atoms with Crippen molar-refractivity contribution in [2.24, 2.45) is 5.92 Å². The van der Waals surface area contributed by atoms with E-state index in [9.17, 15) is 20.0 Å². The van der Waals surface area contributed by atoms with Crippen molar-refractivity contribution in [1.82, 2.24) is 24.8 Å². The van der Waals surface area contributed by atoms with Gasteiger partial charge < -0.3 is 19.5 Å². The van der Waals surface area contributed by atoms with Crippen LogP contribution in [0.25, 0.3) is 16.6 Å². The quantitative estimate of drug-likeness (QED) is 0.0720. The molecule has 1 amide bonds. The summed E-state index contributed by atoms with van der Waals surface area (Å²) in [5.41, 5.74) is 2.86. The highest BCUT2D eigenvalue weighted by atomic mass is 28.3. The topological polar surface area (TPSA) is 171 Å². The normalized spacial score (nSPS) is 20.2. The fourth-order valence-corrected chi connectivity index (χ4v) is 14.0. The number of aromatic amines is 1. The van der Waals surface area contributed by atoms with Gasteiger partial charge in [0.2, 0.25) is 0 Å². The van der Waals surface area contributed by atoms with Crippen molar-refractivity contribution in [3.8, 4) is 11.4 Å². The van der Waals surface area contributed by atoms with Gasteiger partial charge in [-0.2, -0.15) is 0 Å². The molecule has 2 N–H and O–H groups in total. The molecule has 0 aliphatic carbocycles. The number of carbonyl (C=O) groups is 1. The van der Waals surface area contributed by atoms with E-state index in [2.05, 4.69) is 47.6 Å². The molecule has 0 radical (unpaired) electrons. The molecule has 4 heterocycles. The van der Waals surface area contributed by atoms with E-state index >= 15 is 4.79 Å². The number of aliphatic hydroxyl groups excluding tert-OH is 1. The molecule has 9 rings (SSSR count). The number of hydrogen-bond acceptors (Lipinski definition) is 9. The number of amides is 1. The number of nitro groups is 1. The number of benzene rings is 5. The lowest BCUT2D eigenvalue weighted by Crippen LogP contribution is -2.51. The smallest absolute Gasteiger partial charge is 0.279 e. The van der Waals surface area contributed by atoms with Crippen molar-refractivity contribution in [2.75, 3.05) is 18.6 Å². The van der Waals surface area contributed by atoms with Crippen LogP contribution in [-0.2, 0) is 28.2 Å². The van der Waals surface area contributed by atoms with Gasteiger partial charge in [0.15, 0.2) is 5.60 Å². The molecule has 1 unspecified atom stereocenters. The highest BCUT2D eigenvalue weighted by molar-refractivity contribution is 6.91. The lowest BCUT2D eigenvalue weighted by molar-refractivity contribution is -0.385. The predicted molar refractivity (Wildman–Crippen MR) is 238 cm³/mol. The van der Waals surface area contributed by atoms with E-state index in [1.54, 1.807) is 28.8 Å². The Morgan fingerprint density at radius 1 is 0.968 bits per heavy atom. The van der Waals surface area contributed by atoms with Crippen molar-refractivity contribution in [3.05, 3.63) is 170 Å². The third-order valence-electron chi connectivity index (χ3n) is 13.1. The molecule has 1 spiro atoms. The molecule has 2 aliphatic heterocycles. The summed E-state index contributed by atoms with van der Waals surface area (Å²) in [6.07, 6.45) is 1.88. The molecule has 0 bridgehead atoms. The molecule has 2 aromatic heterocycles. The van der Waals surface area contributed by atoms with Gasteiger partial charge in [-0.1, -0.05) is 97.1 Å². The predicted octanol–water partition coefficient (Wildman–Crippen LogP) is 6.80. The molecule has 316 valence electrons. The van der Waals surface area contributed by atoms with E-state index in [-0.39, 0.29) is 41.8 Å². The number of nitrogens with zero attached hydrogens (tertiary/aromatic N) is 6. The van der Waals surface area contributed by atoms with E-state index in [1.807, 2.05) is 91.1 Å². The maximum Gasteiger partial charge on any atom is 0.279 e. The summed E-state index contributed by atoms with van der Waals surface area (Å²) in [4.78, 5) is 42.2. The Morgan fingerprint density at radius 3 is 2.39 bits per heavy atom. The van der Waals surface area contributed by atoms with Crippen LogP contribution >= 0.6 is 0 Å². The monoisotopic (exact) mass is 849 g/mol. The van der Waals surface area contributed by atoms with Gasteiger partial charge in [0, 0.05) is 36.4 Å². The number of aryl methyl sites for hydroxylation is 1. The first-order valence-corrected chi connectivity index (χ1v) is 23.8. The van der Waals surface area contributed by atoms with Gasteiger partial charge in [-0.3, -0.25) is 29.5 Å². The maximum atomic E-state index is 15.4. The number of anilines is 1. The zero-order chi connectivity index (χ0) is 43.3. The average molecular weight is 850 g/mol. The van der Waals surface area contributed by atoms with Gasteiger partial charge in [-0.05, 0) is 65.6 Å². The number of rotatable bonds is 13. The number of non-ortho nitro benzene ring substituents is 1. The van der Waals surface area contributed by atoms with Crippen molar-refractivity contribution in [1.29, 1.82) is 0 Å². The molecule has 5 atom stereocenters. The van der Waals surface area contributed by atoms with Crippen molar-refractivity contribution in [2.45, 2.75) is 62.7 Å². The number of ether oxygens (including phenoxy) is 2. The van der Waals surface area contributed by atoms with Crippen molar-refractivity contribution < 1.29 is 24.3 Å². The fraction of sp³-hybridized carbons (Fsp3) is 0.277. The van der Waals surface area contributed by atoms with Crippen LogP contribution in [-0.4, -0.2) is 68.6 Å². The lowest BCUT2D eigenvalue weighted by atomic mass is 9.82. The number of aliphatic hydroxyl groups is 1. The minimum absolute atomic E-state index is 0.125. The molecule has 15 heteroatoms. The first kappa shape index (κ1) is 40.7. The number of H-pyrrole nitrogens is 1. The number of fused-ring (bicyclic) bond motifs is 3. The third kappa shape index (κ3) is 6.82.